The van der Waals surface area contributed by atoms with Crippen LogP contribution in [-0.2, 0) is 6.54 Å². The van der Waals surface area contributed by atoms with Crippen molar-refractivity contribution in [3.63, 3.8) is 0 Å². The summed E-state index contributed by atoms with van der Waals surface area (Å²) in [7, 11) is 0. The van der Waals surface area contributed by atoms with Crippen LogP contribution in [-0.4, -0.2) is 36.6 Å². The number of hydrogen-bond donors (Lipinski definition) is 1. The highest BCUT2D eigenvalue weighted by atomic mass is 32.1. The van der Waals surface area contributed by atoms with Crippen LogP contribution >= 0.6 is 11.3 Å². The molecule has 0 saturated carbocycles. The Morgan fingerprint density at radius 3 is 2.95 bits per heavy atom. The van der Waals surface area contributed by atoms with Crippen molar-refractivity contribution in [1.82, 2.24) is 29.5 Å². The highest BCUT2D eigenvalue weighted by molar-refractivity contribution is 7.19. The van der Waals surface area contributed by atoms with E-state index in [2.05, 4.69) is 20.5 Å². The monoisotopic (exact) mass is 304 g/mol. The van der Waals surface area contributed by atoms with Gasteiger partial charge in [0.25, 0.3) is 5.91 Å². The smallest absolute Gasteiger partial charge is 0.263 e. The number of nitrogens with one attached hydrogen (secondary N) is 1. The number of aryl methyl sites for hydroxylation is 3. The Hall–Kier alpha value is -2.22. The average Bonchev–Trinajstić information content (AvgIpc) is 3.15. The molecule has 3 aromatic heterocycles. The lowest BCUT2D eigenvalue weighted by Gasteiger charge is -2.05. The number of carbonyl (C=O) groups excluding carboxylic acids is 1. The molecule has 0 aliphatic heterocycles. The zero-order valence-corrected chi connectivity index (χ0v) is 12.7. The van der Waals surface area contributed by atoms with Gasteiger partial charge in [-0.25, -0.2) is 4.98 Å². The second kappa shape index (κ2) is 5.65. The molecule has 0 bridgehead atoms. The first-order chi connectivity index (χ1) is 10.2. The standard InChI is InChI=1S/C13H16N6OS/c1-9-11(21-13-17-16-10(2)19(9)13)12(20)15-4-3-6-18-7-5-14-8-18/h5,7-8H,3-4,6H2,1-2H3,(H,15,20). The first-order valence-electron chi connectivity index (χ1n) is 6.72. The van der Waals surface area contributed by atoms with Gasteiger partial charge < -0.3 is 9.88 Å². The van der Waals surface area contributed by atoms with E-state index in [1.54, 1.807) is 12.5 Å². The molecule has 0 unspecified atom stereocenters. The summed E-state index contributed by atoms with van der Waals surface area (Å²) < 4.78 is 3.90. The van der Waals surface area contributed by atoms with Gasteiger partial charge in [0.05, 0.1) is 6.33 Å². The third kappa shape index (κ3) is 2.66. The quantitative estimate of drug-likeness (QED) is 0.723. The minimum Gasteiger partial charge on any atom is -0.351 e. The van der Waals surface area contributed by atoms with E-state index in [0.717, 1.165) is 29.4 Å². The molecule has 8 heteroatoms. The van der Waals surface area contributed by atoms with Crippen LogP contribution in [0, 0.1) is 13.8 Å². The molecule has 21 heavy (non-hydrogen) atoms. The lowest BCUT2D eigenvalue weighted by atomic mass is 10.3. The fraction of sp³-hybridized carbons (Fsp3) is 0.385. The number of nitrogens with zero attached hydrogens (tertiary/aromatic N) is 5. The van der Waals surface area contributed by atoms with Crippen LogP contribution in [0.5, 0.6) is 0 Å². The fourth-order valence-electron chi connectivity index (χ4n) is 2.24. The summed E-state index contributed by atoms with van der Waals surface area (Å²) in [6, 6.07) is 0. The minimum atomic E-state index is -0.0481. The van der Waals surface area contributed by atoms with Crippen molar-refractivity contribution in [2.24, 2.45) is 0 Å². The molecule has 0 radical (unpaired) electrons. The van der Waals surface area contributed by atoms with Crippen LogP contribution in [0.1, 0.15) is 27.6 Å². The van der Waals surface area contributed by atoms with Crippen molar-refractivity contribution in [2.45, 2.75) is 26.8 Å². The van der Waals surface area contributed by atoms with Crippen molar-refractivity contribution >= 4 is 22.2 Å². The minimum absolute atomic E-state index is 0.0481. The summed E-state index contributed by atoms with van der Waals surface area (Å²) in [6.07, 6.45) is 6.30. The molecule has 110 valence electrons. The van der Waals surface area contributed by atoms with Gasteiger partial charge in [0, 0.05) is 31.2 Å². The summed E-state index contributed by atoms with van der Waals surface area (Å²) >= 11 is 1.37. The zero-order valence-electron chi connectivity index (χ0n) is 11.9. The highest BCUT2D eigenvalue weighted by Crippen LogP contribution is 2.22. The molecule has 0 aromatic carbocycles. The third-order valence-corrected chi connectivity index (χ3v) is 4.43. The molecule has 3 aromatic rings. The number of carbonyl (C=O) groups is 1. The third-order valence-electron chi connectivity index (χ3n) is 3.30. The van der Waals surface area contributed by atoms with Gasteiger partial charge >= 0.3 is 0 Å². The van der Waals surface area contributed by atoms with E-state index in [0.29, 0.717) is 11.4 Å². The van der Waals surface area contributed by atoms with E-state index in [4.69, 9.17) is 0 Å². The first-order valence-corrected chi connectivity index (χ1v) is 7.53. The van der Waals surface area contributed by atoms with Gasteiger partial charge in [-0.05, 0) is 20.3 Å². The molecular weight excluding hydrogens is 288 g/mol. The molecule has 0 fully saturated rings. The van der Waals surface area contributed by atoms with Crippen molar-refractivity contribution in [3.8, 4) is 0 Å². The summed E-state index contributed by atoms with van der Waals surface area (Å²) in [5.41, 5.74) is 0.893. The Morgan fingerprint density at radius 1 is 1.38 bits per heavy atom. The van der Waals surface area contributed by atoms with Crippen LogP contribution in [0.15, 0.2) is 18.7 Å². The van der Waals surface area contributed by atoms with Crippen LogP contribution < -0.4 is 5.32 Å². The van der Waals surface area contributed by atoms with Gasteiger partial charge in [-0.1, -0.05) is 11.3 Å². The van der Waals surface area contributed by atoms with E-state index in [1.807, 2.05) is 29.0 Å². The number of amides is 1. The Balaban J connectivity index is 1.60. The molecule has 0 atom stereocenters. The predicted molar refractivity (Wildman–Crippen MR) is 79.5 cm³/mol. The number of rotatable bonds is 5. The summed E-state index contributed by atoms with van der Waals surface area (Å²) in [5, 5.41) is 11.0. The number of fused-ring (bicyclic) bond motifs is 1. The predicted octanol–water partition coefficient (Wildman–Crippen LogP) is 1.42. The van der Waals surface area contributed by atoms with E-state index in [1.165, 1.54) is 11.3 Å². The van der Waals surface area contributed by atoms with Gasteiger partial charge in [-0.3, -0.25) is 9.20 Å². The van der Waals surface area contributed by atoms with Gasteiger partial charge in [-0.15, -0.1) is 10.2 Å². The summed E-state index contributed by atoms with van der Waals surface area (Å²) in [4.78, 5) is 17.7. The average molecular weight is 304 g/mol. The summed E-state index contributed by atoms with van der Waals surface area (Å²) in [5.74, 6) is 0.755. The number of aromatic nitrogens is 5. The summed E-state index contributed by atoms with van der Waals surface area (Å²) in [6.45, 7) is 5.27. The molecule has 7 nitrogen and oxygen atoms in total. The Morgan fingerprint density at radius 2 is 2.24 bits per heavy atom. The van der Waals surface area contributed by atoms with Crippen molar-refractivity contribution in [1.29, 1.82) is 0 Å². The number of hydrogen-bond acceptors (Lipinski definition) is 5. The van der Waals surface area contributed by atoms with E-state index >= 15 is 0 Å². The lowest BCUT2D eigenvalue weighted by Crippen LogP contribution is -2.25. The second-order valence-corrected chi connectivity index (χ2v) is 5.77. The van der Waals surface area contributed by atoms with Gasteiger partial charge in [0.2, 0.25) is 4.96 Å². The fourth-order valence-corrected chi connectivity index (χ4v) is 3.26. The van der Waals surface area contributed by atoms with E-state index < -0.39 is 0 Å². The van der Waals surface area contributed by atoms with E-state index in [-0.39, 0.29) is 5.91 Å². The zero-order chi connectivity index (χ0) is 14.8. The first kappa shape index (κ1) is 13.7. The van der Waals surface area contributed by atoms with Gasteiger partial charge in [0.15, 0.2) is 0 Å². The SMILES string of the molecule is Cc1nnc2sc(C(=O)NCCCn3ccnc3)c(C)n12. The van der Waals surface area contributed by atoms with Gasteiger partial charge in [-0.2, -0.15) is 0 Å². The number of thiazole rings is 1. The largest absolute Gasteiger partial charge is 0.351 e. The topological polar surface area (TPSA) is 77.1 Å². The molecule has 0 aliphatic rings. The molecule has 3 rings (SSSR count). The van der Waals surface area contributed by atoms with E-state index in [9.17, 15) is 4.79 Å². The van der Waals surface area contributed by atoms with Crippen molar-refractivity contribution < 1.29 is 4.79 Å². The van der Waals surface area contributed by atoms with Crippen LogP contribution in [0.25, 0.3) is 4.96 Å². The Bertz CT molecular complexity index is 757. The van der Waals surface area contributed by atoms with Crippen LogP contribution in [0.2, 0.25) is 0 Å². The Labute approximate surface area is 125 Å². The second-order valence-electron chi connectivity index (χ2n) is 4.79. The van der Waals surface area contributed by atoms with Gasteiger partial charge in [0.1, 0.15) is 10.7 Å². The molecule has 0 aliphatic carbocycles. The van der Waals surface area contributed by atoms with Crippen LogP contribution in [0.3, 0.4) is 0 Å². The lowest BCUT2D eigenvalue weighted by molar-refractivity contribution is 0.0956. The highest BCUT2D eigenvalue weighted by Gasteiger charge is 2.17. The molecule has 0 saturated heterocycles. The Kier molecular flexibility index (Phi) is 3.70. The molecule has 1 N–H and O–H groups in total. The number of imidazole rings is 1. The molecule has 1 amide bonds. The molecule has 0 spiro atoms. The molecule has 3 heterocycles. The van der Waals surface area contributed by atoms with Crippen molar-refractivity contribution in [2.75, 3.05) is 6.54 Å². The molecular formula is C13H16N6OS. The maximum Gasteiger partial charge on any atom is 0.263 e. The van der Waals surface area contributed by atoms with Crippen LogP contribution in [0.4, 0.5) is 0 Å². The normalized spacial score (nSPS) is 11.1. The van der Waals surface area contributed by atoms with Crippen molar-refractivity contribution in [3.05, 3.63) is 35.1 Å². The maximum atomic E-state index is 12.2. The maximum absolute atomic E-state index is 12.2.